The third-order valence-electron chi connectivity index (χ3n) is 5.63. The second kappa shape index (κ2) is 9.46. The molecular weight excluding hydrogens is 476 g/mol. The van der Waals surface area contributed by atoms with Crippen molar-refractivity contribution in [3.63, 3.8) is 0 Å². The molecule has 1 heterocycles. The average molecular weight is 502 g/mol. The van der Waals surface area contributed by atoms with Gasteiger partial charge in [0, 0.05) is 24.7 Å². The molecule has 1 unspecified atom stereocenters. The van der Waals surface area contributed by atoms with Crippen molar-refractivity contribution in [3.05, 3.63) is 65.4 Å². The van der Waals surface area contributed by atoms with Gasteiger partial charge >= 0.3 is 0 Å². The van der Waals surface area contributed by atoms with Gasteiger partial charge in [0.2, 0.25) is 0 Å². The van der Waals surface area contributed by atoms with Crippen LogP contribution in [0.1, 0.15) is 43.7 Å². The lowest BCUT2D eigenvalue weighted by Crippen LogP contribution is -2.42. The smallest absolute Gasteiger partial charge is 0.271 e. The van der Waals surface area contributed by atoms with Crippen LogP contribution in [0.4, 0.5) is 14.5 Å². The number of hydrogen-bond acceptors (Lipinski definition) is 5. The molecular formula is C24H25F2N5O3S. The van der Waals surface area contributed by atoms with Gasteiger partial charge in [-0.3, -0.25) is 14.2 Å². The molecule has 0 aliphatic carbocycles. The first-order chi connectivity index (χ1) is 16.2. The Bertz CT molecular complexity index is 1420. The maximum absolute atomic E-state index is 14.7. The molecule has 1 atom stereocenters. The Kier molecular flexibility index (Phi) is 6.98. The monoisotopic (exact) mass is 501 g/mol. The van der Waals surface area contributed by atoms with E-state index in [1.165, 1.54) is 31.3 Å². The molecule has 0 fully saturated rings. The summed E-state index contributed by atoms with van der Waals surface area (Å²) in [6, 6.07) is 9.49. The Morgan fingerprint density at radius 1 is 1.14 bits per heavy atom. The molecule has 0 radical (unpaired) electrons. The third kappa shape index (κ3) is 5.49. The molecule has 3 rings (SSSR count). The standard InChI is InChI=1S/C24H25F2N5O3S/c1-14(24(2,3)4)28-23(32)22-21(30-35(33,34)17-9-6-15(13-27)7-10-17)20(29-31(22)5)18-11-8-16(25)12-19(18)26/h6-12,14,30H,1-5H3,(H,28,32). The number of nitrogens with one attached hydrogen (secondary N) is 2. The number of carbonyl (C=O) groups is 1. The highest BCUT2D eigenvalue weighted by molar-refractivity contribution is 7.92. The lowest BCUT2D eigenvalue weighted by molar-refractivity contribution is 0.0901. The van der Waals surface area contributed by atoms with Gasteiger partial charge in [0.15, 0.2) is 5.69 Å². The molecule has 1 amide bonds. The van der Waals surface area contributed by atoms with Crippen LogP contribution in [-0.2, 0) is 17.1 Å². The Hall–Kier alpha value is -3.78. The van der Waals surface area contributed by atoms with Crippen LogP contribution in [0.5, 0.6) is 0 Å². The van der Waals surface area contributed by atoms with Crippen molar-refractivity contribution in [2.24, 2.45) is 12.5 Å². The quantitative estimate of drug-likeness (QED) is 0.525. The van der Waals surface area contributed by atoms with E-state index in [-0.39, 0.29) is 44.6 Å². The van der Waals surface area contributed by atoms with Crippen molar-refractivity contribution in [1.82, 2.24) is 15.1 Å². The van der Waals surface area contributed by atoms with Crippen molar-refractivity contribution in [3.8, 4) is 17.3 Å². The van der Waals surface area contributed by atoms with E-state index in [1.54, 1.807) is 6.92 Å². The maximum atomic E-state index is 14.7. The summed E-state index contributed by atoms with van der Waals surface area (Å²) in [6.07, 6.45) is 0. The highest BCUT2D eigenvalue weighted by Crippen LogP contribution is 2.34. The van der Waals surface area contributed by atoms with E-state index in [4.69, 9.17) is 5.26 Å². The van der Waals surface area contributed by atoms with E-state index in [0.717, 1.165) is 16.8 Å². The molecule has 0 aliphatic rings. The van der Waals surface area contributed by atoms with Crippen molar-refractivity contribution < 1.29 is 22.0 Å². The summed E-state index contributed by atoms with van der Waals surface area (Å²) in [4.78, 5) is 13.1. The average Bonchev–Trinajstić information content (AvgIpc) is 3.07. The predicted octanol–water partition coefficient (Wildman–Crippen LogP) is 4.20. The number of carbonyl (C=O) groups excluding carboxylic acids is 1. The molecule has 0 spiro atoms. The summed E-state index contributed by atoms with van der Waals surface area (Å²) in [5.74, 6) is -2.43. The fourth-order valence-electron chi connectivity index (χ4n) is 3.13. The highest BCUT2D eigenvalue weighted by atomic mass is 32.2. The number of halogens is 2. The van der Waals surface area contributed by atoms with Gasteiger partial charge in [-0.15, -0.1) is 0 Å². The number of nitriles is 1. The minimum atomic E-state index is -4.28. The normalized spacial score (nSPS) is 12.6. The van der Waals surface area contributed by atoms with Gasteiger partial charge in [-0.1, -0.05) is 20.8 Å². The second-order valence-electron chi connectivity index (χ2n) is 9.12. The molecule has 0 bridgehead atoms. The molecule has 0 saturated heterocycles. The molecule has 0 saturated carbocycles. The highest BCUT2D eigenvalue weighted by Gasteiger charge is 2.31. The lowest BCUT2D eigenvalue weighted by Gasteiger charge is -2.28. The number of hydrogen-bond donors (Lipinski definition) is 2. The van der Waals surface area contributed by atoms with Crippen LogP contribution >= 0.6 is 0 Å². The topological polar surface area (TPSA) is 117 Å². The SMILES string of the molecule is CC(NC(=O)c1c(NS(=O)(=O)c2ccc(C#N)cc2)c(-c2ccc(F)cc2F)nn1C)C(C)(C)C. The van der Waals surface area contributed by atoms with Gasteiger partial charge in [0.05, 0.1) is 16.5 Å². The second-order valence-corrected chi connectivity index (χ2v) is 10.8. The largest absolute Gasteiger partial charge is 0.348 e. The van der Waals surface area contributed by atoms with Crippen molar-refractivity contribution in [2.45, 2.75) is 38.6 Å². The first-order valence-electron chi connectivity index (χ1n) is 10.6. The molecule has 2 N–H and O–H groups in total. The summed E-state index contributed by atoms with van der Waals surface area (Å²) < 4.78 is 58.0. The Labute approximate surface area is 202 Å². The van der Waals surface area contributed by atoms with E-state index in [0.29, 0.717) is 6.07 Å². The summed E-state index contributed by atoms with van der Waals surface area (Å²) in [6.45, 7) is 7.58. The molecule has 184 valence electrons. The van der Waals surface area contributed by atoms with Gasteiger partial charge in [-0.05, 0) is 48.7 Å². The number of amides is 1. The fourth-order valence-corrected chi connectivity index (χ4v) is 4.21. The third-order valence-corrected chi connectivity index (χ3v) is 6.99. The van der Waals surface area contributed by atoms with Gasteiger partial charge in [-0.25, -0.2) is 17.2 Å². The molecule has 11 heteroatoms. The predicted molar refractivity (Wildman–Crippen MR) is 127 cm³/mol. The molecule has 3 aromatic rings. The number of sulfonamides is 1. The maximum Gasteiger partial charge on any atom is 0.271 e. The number of aryl methyl sites for hydroxylation is 1. The first-order valence-corrected chi connectivity index (χ1v) is 12.1. The van der Waals surface area contributed by atoms with Crippen molar-refractivity contribution in [2.75, 3.05) is 4.72 Å². The van der Waals surface area contributed by atoms with Crippen LogP contribution in [0.3, 0.4) is 0 Å². The van der Waals surface area contributed by atoms with Gasteiger partial charge < -0.3 is 5.32 Å². The number of benzene rings is 2. The summed E-state index contributed by atoms with van der Waals surface area (Å²) in [5, 5.41) is 16.0. The van der Waals surface area contributed by atoms with E-state index in [2.05, 4.69) is 15.1 Å². The molecule has 35 heavy (non-hydrogen) atoms. The molecule has 8 nitrogen and oxygen atoms in total. The van der Waals surface area contributed by atoms with Crippen LogP contribution < -0.4 is 10.0 Å². The van der Waals surface area contributed by atoms with E-state index in [9.17, 15) is 22.0 Å². The van der Waals surface area contributed by atoms with E-state index in [1.807, 2.05) is 26.8 Å². The Morgan fingerprint density at radius 2 is 1.77 bits per heavy atom. The lowest BCUT2D eigenvalue weighted by atomic mass is 9.88. The number of rotatable bonds is 6. The molecule has 1 aromatic heterocycles. The summed E-state index contributed by atoms with van der Waals surface area (Å²) in [7, 11) is -2.86. The van der Waals surface area contributed by atoms with Crippen molar-refractivity contribution in [1.29, 1.82) is 5.26 Å². The van der Waals surface area contributed by atoms with Gasteiger partial charge in [0.1, 0.15) is 23.0 Å². The minimum Gasteiger partial charge on any atom is -0.348 e. The molecule has 2 aromatic carbocycles. The Morgan fingerprint density at radius 3 is 2.31 bits per heavy atom. The number of nitrogens with zero attached hydrogens (tertiary/aromatic N) is 3. The van der Waals surface area contributed by atoms with Crippen LogP contribution in [0.25, 0.3) is 11.3 Å². The first kappa shape index (κ1) is 25.8. The summed E-state index contributed by atoms with van der Waals surface area (Å²) in [5.41, 5.74) is -0.839. The Balaban J connectivity index is 2.17. The van der Waals surface area contributed by atoms with Gasteiger partial charge in [-0.2, -0.15) is 10.4 Å². The zero-order valence-corrected chi connectivity index (χ0v) is 20.7. The van der Waals surface area contributed by atoms with Crippen LogP contribution in [0.2, 0.25) is 0 Å². The van der Waals surface area contributed by atoms with Gasteiger partial charge in [0.25, 0.3) is 15.9 Å². The van der Waals surface area contributed by atoms with Crippen LogP contribution in [0.15, 0.2) is 47.4 Å². The minimum absolute atomic E-state index is 0.156. The zero-order chi connectivity index (χ0) is 26.1. The zero-order valence-electron chi connectivity index (χ0n) is 19.8. The molecule has 0 aliphatic heterocycles. The summed E-state index contributed by atoms with van der Waals surface area (Å²) >= 11 is 0. The van der Waals surface area contributed by atoms with E-state index >= 15 is 0 Å². The number of anilines is 1. The van der Waals surface area contributed by atoms with Crippen LogP contribution in [0, 0.1) is 28.4 Å². The number of aromatic nitrogens is 2. The fraction of sp³-hybridized carbons (Fsp3) is 0.292. The van der Waals surface area contributed by atoms with Crippen LogP contribution in [-0.4, -0.2) is 30.1 Å². The van der Waals surface area contributed by atoms with E-state index < -0.39 is 27.6 Å². The van der Waals surface area contributed by atoms with Crippen molar-refractivity contribution >= 4 is 21.6 Å².